The number of aryl methyl sites for hydroxylation is 1. The van der Waals surface area contributed by atoms with E-state index in [9.17, 15) is 0 Å². The van der Waals surface area contributed by atoms with Crippen molar-refractivity contribution in [2.75, 3.05) is 18.9 Å². The topological polar surface area (TPSA) is 72.2 Å². The number of hydrogen-bond acceptors (Lipinski definition) is 4. The molecular weight excluding hydrogens is 358 g/mol. The zero-order chi connectivity index (χ0) is 21.0. The summed E-state index contributed by atoms with van der Waals surface area (Å²) < 4.78 is 2.22. The highest BCUT2D eigenvalue weighted by atomic mass is 15.1. The molecule has 1 aromatic heterocycles. The average molecular weight is 390 g/mol. The van der Waals surface area contributed by atoms with Gasteiger partial charge in [-0.05, 0) is 43.3 Å². The Labute approximate surface area is 173 Å². The Kier molecular flexibility index (Phi) is 6.17. The zero-order valence-electron chi connectivity index (χ0n) is 17.5. The van der Waals surface area contributed by atoms with Crippen LogP contribution in [0, 0.1) is 0 Å². The number of fused-ring (bicyclic) bond motifs is 3. The Morgan fingerprint density at radius 3 is 2.83 bits per heavy atom. The third-order valence-electron chi connectivity index (χ3n) is 5.41. The molecule has 1 aliphatic rings. The van der Waals surface area contributed by atoms with Crippen LogP contribution in [-0.4, -0.2) is 29.1 Å². The summed E-state index contributed by atoms with van der Waals surface area (Å²) in [6.45, 7) is 7.20. The second-order valence-electron chi connectivity index (χ2n) is 7.34. The molecule has 5 nitrogen and oxygen atoms in total. The predicted octanol–water partition coefficient (Wildman–Crippen LogP) is 4.08. The summed E-state index contributed by atoms with van der Waals surface area (Å²) in [5, 5.41) is 4.91. The molecule has 0 aliphatic carbocycles. The quantitative estimate of drug-likeness (QED) is 0.624. The highest BCUT2D eigenvalue weighted by Gasteiger charge is 2.19. The van der Waals surface area contributed by atoms with E-state index in [0.29, 0.717) is 5.70 Å². The lowest BCUT2D eigenvalue weighted by Crippen LogP contribution is -2.20. The molecule has 1 aliphatic heterocycles. The summed E-state index contributed by atoms with van der Waals surface area (Å²) in [7, 11) is 4.12. The highest BCUT2D eigenvalue weighted by molar-refractivity contribution is 5.99. The molecule has 2 heterocycles. The van der Waals surface area contributed by atoms with E-state index in [2.05, 4.69) is 77.8 Å². The summed E-state index contributed by atoms with van der Waals surface area (Å²) in [6, 6.07) is 8.62. The number of anilines is 1. The number of aromatic nitrogens is 1. The van der Waals surface area contributed by atoms with Gasteiger partial charge in [0.1, 0.15) is 0 Å². The number of rotatable bonds is 7. The first kappa shape index (κ1) is 20.4. The fourth-order valence-electron chi connectivity index (χ4n) is 3.52. The van der Waals surface area contributed by atoms with Gasteiger partial charge in [-0.15, -0.1) is 0 Å². The van der Waals surface area contributed by atoms with Gasteiger partial charge in [0.05, 0.1) is 22.6 Å². The lowest BCUT2D eigenvalue weighted by atomic mass is 10.00. The van der Waals surface area contributed by atoms with Gasteiger partial charge in [0.2, 0.25) is 0 Å². The maximum atomic E-state index is 6.14. The van der Waals surface area contributed by atoms with Gasteiger partial charge in [0, 0.05) is 43.8 Å². The molecule has 1 atom stereocenters. The Hall–Kier alpha value is -3.34. The SMILES string of the molecule is C=C(/C=C\N(C)CC)C(=C/CC1C=Cc2c(c3ccccc3n2C)N1)/C(N)=C\N. The van der Waals surface area contributed by atoms with Crippen LogP contribution in [0.25, 0.3) is 17.0 Å². The standard InChI is InChI=1S/C24H31N5/c1-5-28(3)15-14-17(2)19(21(26)16-25)12-10-18-11-13-23-24(27-18)20-8-6-7-9-22(20)29(23)4/h6-9,11-16,18,27H,2,5,10,25-26H2,1,3-4H3/b15-14-,19-12-,21-16+. The average Bonchev–Trinajstić information content (AvgIpc) is 3.03. The molecule has 0 amide bonds. The molecule has 5 N–H and O–H groups in total. The third-order valence-corrected chi connectivity index (χ3v) is 5.41. The second kappa shape index (κ2) is 8.78. The first-order valence-corrected chi connectivity index (χ1v) is 9.94. The van der Waals surface area contributed by atoms with E-state index in [0.717, 1.165) is 24.1 Å². The van der Waals surface area contributed by atoms with Crippen molar-refractivity contribution in [2.24, 2.45) is 18.5 Å². The number of allylic oxidation sites excluding steroid dienone is 2. The van der Waals surface area contributed by atoms with Crippen molar-refractivity contribution >= 4 is 22.7 Å². The molecule has 3 rings (SSSR count). The van der Waals surface area contributed by atoms with Crippen molar-refractivity contribution in [3.05, 3.63) is 84.0 Å². The number of hydrogen-bond donors (Lipinski definition) is 3. The zero-order valence-corrected chi connectivity index (χ0v) is 17.5. The van der Waals surface area contributed by atoms with Gasteiger partial charge in [0.25, 0.3) is 0 Å². The normalized spacial score (nSPS) is 16.9. The molecule has 29 heavy (non-hydrogen) atoms. The van der Waals surface area contributed by atoms with Crippen molar-refractivity contribution < 1.29 is 0 Å². The van der Waals surface area contributed by atoms with Gasteiger partial charge in [-0.2, -0.15) is 0 Å². The van der Waals surface area contributed by atoms with E-state index in [4.69, 9.17) is 11.5 Å². The van der Waals surface area contributed by atoms with E-state index >= 15 is 0 Å². The molecule has 0 fully saturated rings. The molecular formula is C24H31N5. The fraction of sp³-hybridized carbons (Fsp3) is 0.250. The number of nitrogens with zero attached hydrogens (tertiary/aromatic N) is 2. The summed E-state index contributed by atoms with van der Waals surface area (Å²) >= 11 is 0. The van der Waals surface area contributed by atoms with Gasteiger partial charge >= 0.3 is 0 Å². The molecule has 5 heteroatoms. The van der Waals surface area contributed by atoms with Crippen molar-refractivity contribution in [1.82, 2.24) is 9.47 Å². The van der Waals surface area contributed by atoms with Crippen LogP contribution in [0.15, 0.2) is 78.3 Å². The summed E-state index contributed by atoms with van der Waals surface area (Å²) in [5.41, 5.74) is 17.7. The Bertz CT molecular complexity index is 1020. The highest BCUT2D eigenvalue weighted by Crippen LogP contribution is 2.34. The first-order valence-electron chi connectivity index (χ1n) is 9.94. The smallest absolute Gasteiger partial charge is 0.0680 e. The monoisotopic (exact) mass is 389 g/mol. The van der Waals surface area contributed by atoms with Gasteiger partial charge in [0.15, 0.2) is 0 Å². The van der Waals surface area contributed by atoms with Crippen LogP contribution in [0.1, 0.15) is 19.0 Å². The molecule has 0 saturated heterocycles. The summed E-state index contributed by atoms with van der Waals surface area (Å²) in [4.78, 5) is 2.08. The summed E-state index contributed by atoms with van der Waals surface area (Å²) in [5.74, 6) is 0. The number of nitrogens with two attached hydrogens (primary N) is 2. The second-order valence-corrected chi connectivity index (χ2v) is 7.34. The predicted molar refractivity (Wildman–Crippen MR) is 125 cm³/mol. The molecule has 152 valence electrons. The minimum atomic E-state index is 0.170. The minimum absolute atomic E-state index is 0.170. The molecule has 2 aromatic rings. The number of para-hydroxylation sites is 1. The van der Waals surface area contributed by atoms with E-state index < -0.39 is 0 Å². The molecule has 0 bridgehead atoms. The first-order chi connectivity index (χ1) is 14.0. The van der Waals surface area contributed by atoms with Crippen molar-refractivity contribution in [3.63, 3.8) is 0 Å². The number of nitrogens with one attached hydrogen (secondary N) is 1. The number of benzene rings is 1. The molecule has 0 saturated carbocycles. The van der Waals surface area contributed by atoms with Crippen LogP contribution >= 0.6 is 0 Å². The van der Waals surface area contributed by atoms with Crippen LogP contribution in [0.4, 0.5) is 5.69 Å². The van der Waals surface area contributed by atoms with Crippen molar-refractivity contribution in [3.8, 4) is 0 Å². The van der Waals surface area contributed by atoms with Crippen LogP contribution in [-0.2, 0) is 7.05 Å². The van der Waals surface area contributed by atoms with E-state index in [1.54, 1.807) is 0 Å². The Balaban J connectivity index is 1.82. The molecule has 1 unspecified atom stereocenters. The van der Waals surface area contributed by atoms with E-state index in [1.165, 1.54) is 28.5 Å². The van der Waals surface area contributed by atoms with Crippen molar-refractivity contribution in [2.45, 2.75) is 19.4 Å². The van der Waals surface area contributed by atoms with E-state index in [1.807, 2.05) is 19.3 Å². The van der Waals surface area contributed by atoms with E-state index in [-0.39, 0.29) is 6.04 Å². The molecule has 0 spiro atoms. The van der Waals surface area contributed by atoms with Crippen LogP contribution in [0.3, 0.4) is 0 Å². The lowest BCUT2D eigenvalue weighted by molar-refractivity contribution is 0.484. The minimum Gasteiger partial charge on any atom is -0.403 e. The van der Waals surface area contributed by atoms with Gasteiger partial charge in [-0.25, -0.2) is 0 Å². The summed E-state index contributed by atoms with van der Waals surface area (Å²) in [6.07, 6.45) is 12.7. The largest absolute Gasteiger partial charge is 0.403 e. The maximum Gasteiger partial charge on any atom is 0.0680 e. The van der Waals surface area contributed by atoms with Gasteiger partial charge < -0.3 is 26.3 Å². The Morgan fingerprint density at radius 1 is 1.34 bits per heavy atom. The van der Waals surface area contributed by atoms with Gasteiger partial charge in [-0.1, -0.05) is 36.9 Å². The fourth-order valence-corrected chi connectivity index (χ4v) is 3.52. The van der Waals surface area contributed by atoms with Gasteiger partial charge in [-0.3, -0.25) is 0 Å². The van der Waals surface area contributed by atoms with Crippen LogP contribution in [0.2, 0.25) is 0 Å². The molecule has 1 aromatic carbocycles. The van der Waals surface area contributed by atoms with Crippen molar-refractivity contribution in [1.29, 1.82) is 0 Å². The Morgan fingerprint density at radius 2 is 2.10 bits per heavy atom. The lowest BCUT2D eigenvalue weighted by Gasteiger charge is -2.21. The van der Waals surface area contributed by atoms with Crippen LogP contribution in [0.5, 0.6) is 0 Å². The third kappa shape index (κ3) is 4.24. The maximum absolute atomic E-state index is 6.14. The van der Waals surface area contributed by atoms with Crippen LogP contribution < -0.4 is 16.8 Å². The molecule has 0 radical (unpaired) electrons.